The molecule has 1 aromatic rings. The molecule has 3 nitrogen and oxygen atoms in total. The number of aliphatic imine (C=N–C) groups is 1. The molecule has 0 aromatic heterocycles. The van der Waals surface area contributed by atoms with Gasteiger partial charge in [0.25, 0.3) is 0 Å². The Balaban J connectivity index is 2.84. The molecule has 16 heavy (non-hydrogen) atoms. The molecule has 0 aliphatic rings. The quantitative estimate of drug-likeness (QED) is 0.654. The lowest BCUT2D eigenvalue weighted by Crippen LogP contribution is -2.33. The van der Waals surface area contributed by atoms with Crippen LogP contribution in [0.15, 0.2) is 23.2 Å². The van der Waals surface area contributed by atoms with Crippen molar-refractivity contribution in [3.8, 4) is 0 Å². The van der Waals surface area contributed by atoms with E-state index in [1.54, 1.807) is 24.1 Å². The van der Waals surface area contributed by atoms with Gasteiger partial charge in [-0.2, -0.15) is 0 Å². The summed E-state index contributed by atoms with van der Waals surface area (Å²) in [5.41, 5.74) is 6.12. The first-order valence-corrected chi connectivity index (χ1v) is 5.38. The van der Waals surface area contributed by atoms with E-state index in [4.69, 9.17) is 17.3 Å². The third-order valence-corrected chi connectivity index (χ3v) is 2.52. The van der Waals surface area contributed by atoms with Gasteiger partial charge in [-0.3, -0.25) is 4.99 Å². The minimum atomic E-state index is -0.330. The van der Waals surface area contributed by atoms with Gasteiger partial charge in [0.1, 0.15) is 5.82 Å². The molecule has 0 saturated heterocycles. The van der Waals surface area contributed by atoms with Crippen LogP contribution >= 0.6 is 11.6 Å². The first-order valence-electron chi connectivity index (χ1n) is 5.00. The van der Waals surface area contributed by atoms with Crippen LogP contribution in [0.5, 0.6) is 0 Å². The van der Waals surface area contributed by atoms with Crippen LogP contribution in [-0.2, 0) is 6.54 Å². The Bertz CT molecular complexity index is 373. The number of hydrogen-bond acceptors (Lipinski definition) is 1. The van der Waals surface area contributed by atoms with Crippen molar-refractivity contribution in [2.75, 3.05) is 13.6 Å². The summed E-state index contributed by atoms with van der Waals surface area (Å²) in [4.78, 5) is 5.70. The van der Waals surface area contributed by atoms with Gasteiger partial charge < -0.3 is 10.6 Å². The molecular formula is C11H15ClFN3. The van der Waals surface area contributed by atoms with Crippen molar-refractivity contribution in [3.05, 3.63) is 34.6 Å². The topological polar surface area (TPSA) is 41.6 Å². The molecule has 1 aromatic carbocycles. The van der Waals surface area contributed by atoms with E-state index in [0.717, 1.165) is 0 Å². The van der Waals surface area contributed by atoms with E-state index >= 15 is 0 Å². The Morgan fingerprint density at radius 1 is 1.56 bits per heavy atom. The van der Waals surface area contributed by atoms with E-state index < -0.39 is 0 Å². The van der Waals surface area contributed by atoms with E-state index in [9.17, 15) is 4.39 Å². The van der Waals surface area contributed by atoms with Gasteiger partial charge in [-0.25, -0.2) is 4.39 Å². The highest BCUT2D eigenvalue weighted by Crippen LogP contribution is 2.20. The molecule has 0 spiro atoms. The normalized spacial score (nSPS) is 11.6. The second-order valence-corrected chi connectivity index (χ2v) is 3.80. The van der Waals surface area contributed by atoms with Crippen LogP contribution in [0, 0.1) is 5.82 Å². The van der Waals surface area contributed by atoms with Gasteiger partial charge in [0.05, 0.1) is 0 Å². The molecule has 88 valence electrons. The minimum Gasteiger partial charge on any atom is -0.370 e. The molecule has 0 unspecified atom stereocenters. The molecule has 0 aliphatic carbocycles. The maximum atomic E-state index is 13.5. The van der Waals surface area contributed by atoms with Crippen molar-refractivity contribution >= 4 is 17.6 Å². The van der Waals surface area contributed by atoms with Crippen molar-refractivity contribution in [2.45, 2.75) is 13.5 Å². The highest BCUT2D eigenvalue weighted by atomic mass is 35.5. The Morgan fingerprint density at radius 2 is 2.25 bits per heavy atom. The lowest BCUT2D eigenvalue weighted by molar-refractivity contribution is 0.473. The lowest BCUT2D eigenvalue weighted by Gasteiger charge is -2.19. The lowest BCUT2D eigenvalue weighted by atomic mass is 10.2. The number of hydrogen-bond donors (Lipinski definition) is 1. The van der Waals surface area contributed by atoms with E-state index in [0.29, 0.717) is 29.6 Å². The molecule has 0 radical (unpaired) electrons. The fourth-order valence-electron chi connectivity index (χ4n) is 1.28. The SMILES string of the molecule is CCN=C(N)N(C)Cc1c(F)cccc1Cl. The Kier molecular flexibility index (Phi) is 4.55. The van der Waals surface area contributed by atoms with Crippen LogP contribution < -0.4 is 5.73 Å². The zero-order valence-corrected chi connectivity index (χ0v) is 10.1. The van der Waals surface area contributed by atoms with Crippen LogP contribution in [-0.4, -0.2) is 24.5 Å². The average Bonchev–Trinajstić information content (AvgIpc) is 2.23. The van der Waals surface area contributed by atoms with Gasteiger partial charge in [-0.15, -0.1) is 0 Å². The van der Waals surface area contributed by atoms with Crippen molar-refractivity contribution in [1.82, 2.24) is 4.90 Å². The highest BCUT2D eigenvalue weighted by molar-refractivity contribution is 6.31. The molecule has 0 atom stereocenters. The van der Waals surface area contributed by atoms with Crippen LogP contribution in [0.4, 0.5) is 4.39 Å². The smallest absolute Gasteiger partial charge is 0.191 e. The molecule has 5 heteroatoms. The highest BCUT2D eigenvalue weighted by Gasteiger charge is 2.10. The van der Waals surface area contributed by atoms with E-state index in [1.807, 2.05) is 6.92 Å². The maximum absolute atomic E-state index is 13.5. The van der Waals surface area contributed by atoms with Gasteiger partial charge in [0, 0.05) is 30.7 Å². The summed E-state index contributed by atoms with van der Waals surface area (Å²) in [5, 5.41) is 0.399. The third kappa shape index (κ3) is 3.10. The number of benzene rings is 1. The summed E-state index contributed by atoms with van der Waals surface area (Å²) in [6.45, 7) is 2.79. The van der Waals surface area contributed by atoms with Crippen LogP contribution in [0.1, 0.15) is 12.5 Å². The van der Waals surface area contributed by atoms with Crippen molar-refractivity contribution in [2.24, 2.45) is 10.7 Å². The van der Waals surface area contributed by atoms with Crippen LogP contribution in [0.25, 0.3) is 0 Å². The average molecular weight is 244 g/mol. The van der Waals surface area contributed by atoms with Gasteiger partial charge >= 0.3 is 0 Å². The molecule has 0 aliphatic heterocycles. The van der Waals surface area contributed by atoms with Crippen molar-refractivity contribution in [3.63, 3.8) is 0 Å². The summed E-state index contributed by atoms with van der Waals surface area (Å²) in [6.07, 6.45) is 0. The largest absolute Gasteiger partial charge is 0.370 e. The molecular weight excluding hydrogens is 229 g/mol. The summed E-state index contributed by atoms with van der Waals surface area (Å²) in [6, 6.07) is 4.60. The molecule has 2 N–H and O–H groups in total. The number of rotatable bonds is 3. The van der Waals surface area contributed by atoms with Crippen molar-refractivity contribution in [1.29, 1.82) is 0 Å². The summed E-state index contributed by atoms with van der Waals surface area (Å²) in [5.74, 6) is 0.0467. The molecule has 0 saturated carbocycles. The summed E-state index contributed by atoms with van der Waals surface area (Å²) >= 11 is 5.91. The van der Waals surface area contributed by atoms with E-state index in [-0.39, 0.29) is 5.82 Å². The van der Waals surface area contributed by atoms with Crippen LogP contribution in [0.3, 0.4) is 0 Å². The molecule has 0 heterocycles. The summed E-state index contributed by atoms with van der Waals surface area (Å²) < 4.78 is 13.5. The fourth-order valence-corrected chi connectivity index (χ4v) is 1.51. The zero-order chi connectivity index (χ0) is 12.1. The number of nitrogens with two attached hydrogens (primary N) is 1. The first kappa shape index (κ1) is 12.8. The number of guanidine groups is 1. The van der Waals surface area contributed by atoms with Gasteiger partial charge in [-0.1, -0.05) is 17.7 Å². The predicted molar refractivity (Wildman–Crippen MR) is 65.0 cm³/mol. The fraction of sp³-hybridized carbons (Fsp3) is 0.364. The molecule has 0 bridgehead atoms. The van der Waals surface area contributed by atoms with E-state index in [2.05, 4.69) is 4.99 Å². The molecule has 0 fully saturated rings. The second kappa shape index (κ2) is 5.70. The minimum absolute atomic E-state index is 0.306. The molecule has 1 rings (SSSR count). The molecule has 0 amide bonds. The monoisotopic (exact) mass is 243 g/mol. The number of halogens is 2. The van der Waals surface area contributed by atoms with Gasteiger partial charge in [0.2, 0.25) is 0 Å². The Labute approximate surface area is 99.7 Å². The Hall–Kier alpha value is -1.29. The summed E-state index contributed by atoms with van der Waals surface area (Å²) in [7, 11) is 1.75. The van der Waals surface area contributed by atoms with Gasteiger partial charge in [0.15, 0.2) is 5.96 Å². The number of nitrogens with zero attached hydrogens (tertiary/aromatic N) is 2. The first-order chi connectivity index (χ1) is 7.56. The maximum Gasteiger partial charge on any atom is 0.191 e. The zero-order valence-electron chi connectivity index (χ0n) is 9.37. The van der Waals surface area contributed by atoms with Gasteiger partial charge in [-0.05, 0) is 19.1 Å². The van der Waals surface area contributed by atoms with Crippen LogP contribution in [0.2, 0.25) is 5.02 Å². The third-order valence-electron chi connectivity index (χ3n) is 2.17. The Morgan fingerprint density at radius 3 is 2.81 bits per heavy atom. The van der Waals surface area contributed by atoms with E-state index in [1.165, 1.54) is 6.07 Å². The second-order valence-electron chi connectivity index (χ2n) is 3.39. The van der Waals surface area contributed by atoms with Crippen molar-refractivity contribution < 1.29 is 4.39 Å². The standard InChI is InChI=1S/C11H15ClFN3/c1-3-15-11(14)16(2)7-8-9(12)5-4-6-10(8)13/h4-6H,3,7H2,1-2H3,(H2,14,15). The predicted octanol–water partition coefficient (Wildman–Crippen LogP) is 2.25.